The van der Waals surface area contributed by atoms with E-state index >= 15 is 0 Å². The van der Waals surface area contributed by atoms with Crippen molar-refractivity contribution in [3.63, 3.8) is 0 Å². The third kappa shape index (κ3) is 3.41. The molecule has 1 fully saturated rings. The van der Waals surface area contributed by atoms with Gasteiger partial charge in [0.1, 0.15) is 11.6 Å². The molecule has 4 rings (SSSR count). The van der Waals surface area contributed by atoms with Gasteiger partial charge in [-0.25, -0.2) is 4.98 Å². The summed E-state index contributed by atoms with van der Waals surface area (Å²) < 4.78 is 0. The average Bonchev–Trinajstić information content (AvgIpc) is 3.00. The number of aliphatic hydroxyl groups excluding tert-OH is 1. The normalized spacial score (nSPS) is 18.3. The van der Waals surface area contributed by atoms with Gasteiger partial charge < -0.3 is 5.11 Å². The number of amides is 1. The fraction of sp³-hybridized carbons (Fsp3) is 0.0870. The Morgan fingerprint density at radius 1 is 1.00 bits per heavy atom. The standard InChI is InChI=1S/C23H17ClN2O3/c1-14-5-7-15(8-6-14)20-19(21(27)16-9-11-17(24)12-10-16)22(28)23(29)26(20)18-4-2-3-13-25-18/h2-13,20,27H,1H3/b21-19-. The first-order chi connectivity index (χ1) is 14.0. The summed E-state index contributed by atoms with van der Waals surface area (Å²) in [5, 5.41) is 11.5. The molecule has 1 aliphatic rings. The minimum atomic E-state index is -0.791. The number of anilines is 1. The zero-order valence-electron chi connectivity index (χ0n) is 15.5. The second-order valence-electron chi connectivity index (χ2n) is 6.77. The largest absolute Gasteiger partial charge is 0.507 e. The van der Waals surface area contributed by atoms with Crippen LogP contribution in [-0.2, 0) is 9.59 Å². The molecule has 1 unspecified atom stereocenters. The van der Waals surface area contributed by atoms with Crippen LogP contribution in [0.15, 0.2) is 78.5 Å². The highest BCUT2D eigenvalue weighted by Gasteiger charge is 2.47. The van der Waals surface area contributed by atoms with Crippen molar-refractivity contribution in [2.45, 2.75) is 13.0 Å². The number of pyridine rings is 1. The Labute approximate surface area is 172 Å². The summed E-state index contributed by atoms with van der Waals surface area (Å²) in [6, 6.07) is 18.3. The van der Waals surface area contributed by atoms with Crippen LogP contribution in [-0.4, -0.2) is 21.8 Å². The molecule has 2 heterocycles. The molecule has 0 bridgehead atoms. The first-order valence-electron chi connectivity index (χ1n) is 9.02. The Kier molecular flexibility index (Phi) is 4.91. The molecule has 0 aliphatic carbocycles. The van der Waals surface area contributed by atoms with Crippen molar-refractivity contribution in [1.29, 1.82) is 0 Å². The number of halogens is 1. The Morgan fingerprint density at radius 3 is 2.31 bits per heavy atom. The molecular formula is C23H17ClN2O3. The van der Waals surface area contributed by atoms with Gasteiger partial charge in [0, 0.05) is 16.8 Å². The summed E-state index contributed by atoms with van der Waals surface area (Å²) in [6.45, 7) is 1.95. The first kappa shape index (κ1) is 18.9. The number of aromatic nitrogens is 1. The zero-order valence-corrected chi connectivity index (χ0v) is 16.3. The molecule has 5 nitrogen and oxygen atoms in total. The number of aryl methyl sites for hydroxylation is 1. The number of hydrogen-bond donors (Lipinski definition) is 1. The highest BCUT2D eigenvalue weighted by molar-refractivity contribution is 6.51. The average molecular weight is 405 g/mol. The fourth-order valence-corrected chi connectivity index (χ4v) is 3.52. The number of hydrogen-bond acceptors (Lipinski definition) is 4. The van der Waals surface area contributed by atoms with Crippen molar-refractivity contribution in [2.75, 3.05) is 4.90 Å². The minimum Gasteiger partial charge on any atom is -0.507 e. The molecule has 29 heavy (non-hydrogen) atoms. The lowest BCUT2D eigenvalue weighted by molar-refractivity contribution is -0.132. The molecule has 144 valence electrons. The Bertz CT molecular complexity index is 1110. The highest BCUT2D eigenvalue weighted by atomic mass is 35.5. The van der Waals surface area contributed by atoms with E-state index in [0.717, 1.165) is 5.56 Å². The van der Waals surface area contributed by atoms with Crippen LogP contribution in [0.1, 0.15) is 22.7 Å². The number of carbonyl (C=O) groups excluding carboxylic acids is 2. The lowest BCUT2D eigenvalue weighted by atomic mass is 9.95. The Hall–Kier alpha value is -3.44. The highest BCUT2D eigenvalue weighted by Crippen LogP contribution is 2.41. The van der Waals surface area contributed by atoms with Crippen molar-refractivity contribution in [3.8, 4) is 0 Å². The summed E-state index contributed by atoms with van der Waals surface area (Å²) in [6.07, 6.45) is 1.56. The maximum absolute atomic E-state index is 13.0. The summed E-state index contributed by atoms with van der Waals surface area (Å²) in [5.41, 5.74) is 2.18. The van der Waals surface area contributed by atoms with E-state index in [1.165, 1.54) is 4.90 Å². The molecule has 1 saturated heterocycles. The number of benzene rings is 2. The van der Waals surface area contributed by atoms with Crippen LogP contribution in [0, 0.1) is 6.92 Å². The molecule has 1 aromatic heterocycles. The van der Waals surface area contributed by atoms with E-state index in [1.807, 2.05) is 31.2 Å². The fourth-order valence-electron chi connectivity index (χ4n) is 3.39. The molecule has 0 radical (unpaired) electrons. The van der Waals surface area contributed by atoms with Crippen LogP contribution in [0.4, 0.5) is 5.82 Å². The number of ketones is 1. The third-order valence-electron chi connectivity index (χ3n) is 4.85. The summed E-state index contributed by atoms with van der Waals surface area (Å²) in [7, 11) is 0. The number of nitrogens with zero attached hydrogens (tertiary/aromatic N) is 2. The van der Waals surface area contributed by atoms with E-state index in [-0.39, 0.29) is 11.3 Å². The van der Waals surface area contributed by atoms with Gasteiger partial charge in [0.15, 0.2) is 0 Å². The predicted octanol–water partition coefficient (Wildman–Crippen LogP) is 4.67. The van der Waals surface area contributed by atoms with Gasteiger partial charge in [-0.1, -0.05) is 47.5 Å². The van der Waals surface area contributed by atoms with Crippen molar-refractivity contribution < 1.29 is 14.7 Å². The van der Waals surface area contributed by atoms with Crippen molar-refractivity contribution in [1.82, 2.24) is 4.98 Å². The summed E-state index contributed by atoms with van der Waals surface area (Å²) in [4.78, 5) is 31.5. The number of aliphatic hydroxyl groups is 1. The van der Waals surface area contributed by atoms with Gasteiger partial charge in [0.25, 0.3) is 5.78 Å². The van der Waals surface area contributed by atoms with E-state index in [4.69, 9.17) is 11.6 Å². The molecule has 3 aromatic rings. The Morgan fingerprint density at radius 2 is 1.69 bits per heavy atom. The predicted molar refractivity (Wildman–Crippen MR) is 112 cm³/mol. The van der Waals surface area contributed by atoms with Crippen LogP contribution in [0.2, 0.25) is 5.02 Å². The quantitative estimate of drug-likeness (QED) is 0.391. The molecule has 1 atom stereocenters. The van der Waals surface area contributed by atoms with Crippen molar-refractivity contribution in [3.05, 3.63) is 100 Å². The molecule has 1 aliphatic heterocycles. The number of rotatable bonds is 3. The van der Waals surface area contributed by atoms with Gasteiger partial charge in [-0.2, -0.15) is 0 Å². The third-order valence-corrected chi connectivity index (χ3v) is 5.10. The van der Waals surface area contributed by atoms with Gasteiger partial charge in [0.2, 0.25) is 0 Å². The lowest BCUT2D eigenvalue weighted by Crippen LogP contribution is -2.30. The van der Waals surface area contributed by atoms with Gasteiger partial charge >= 0.3 is 5.91 Å². The summed E-state index contributed by atoms with van der Waals surface area (Å²) in [5.74, 6) is -1.39. The van der Waals surface area contributed by atoms with E-state index in [2.05, 4.69) is 4.98 Å². The first-order valence-corrected chi connectivity index (χ1v) is 9.39. The van der Waals surface area contributed by atoms with Crippen LogP contribution in [0.25, 0.3) is 5.76 Å². The van der Waals surface area contributed by atoms with Crippen molar-refractivity contribution >= 4 is 34.9 Å². The molecule has 6 heteroatoms. The minimum absolute atomic E-state index is 0.0202. The maximum Gasteiger partial charge on any atom is 0.301 e. The molecular weight excluding hydrogens is 388 g/mol. The van der Waals surface area contributed by atoms with Gasteiger partial charge in [-0.3, -0.25) is 14.5 Å². The van der Waals surface area contributed by atoms with Crippen LogP contribution >= 0.6 is 11.6 Å². The van der Waals surface area contributed by atoms with E-state index in [0.29, 0.717) is 22.0 Å². The van der Waals surface area contributed by atoms with Crippen LogP contribution in [0.5, 0.6) is 0 Å². The molecule has 0 spiro atoms. The topological polar surface area (TPSA) is 70.5 Å². The monoisotopic (exact) mass is 404 g/mol. The number of carbonyl (C=O) groups is 2. The summed E-state index contributed by atoms with van der Waals surface area (Å²) >= 11 is 5.94. The second kappa shape index (κ2) is 7.53. The van der Waals surface area contributed by atoms with E-state index in [9.17, 15) is 14.7 Å². The van der Waals surface area contributed by atoms with E-state index in [1.54, 1.807) is 48.7 Å². The van der Waals surface area contributed by atoms with Gasteiger partial charge in [-0.05, 0) is 48.9 Å². The maximum atomic E-state index is 13.0. The molecule has 1 amide bonds. The lowest BCUT2D eigenvalue weighted by Gasteiger charge is -2.24. The van der Waals surface area contributed by atoms with Gasteiger partial charge in [0.05, 0.1) is 11.6 Å². The van der Waals surface area contributed by atoms with E-state index < -0.39 is 17.7 Å². The smallest absolute Gasteiger partial charge is 0.301 e. The Balaban J connectivity index is 1.94. The molecule has 2 aromatic carbocycles. The molecule has 1 N–H and O–H groups in total. The van der Waals surface area contributed by atoms with Crippen LogP contribution in [0.3, 0.4) is 0 Å². The second-order valence-corrected chi connectivity index (χ2v) is 7.21. The SMILES string of the molecule is Cc1ccc(C2/C(=C(/O)c3ccc(Cl)cc3)C(=O)C(=O)N2c2ccccn2)cc1. The van der Waals surface area contributed by atoms with Crippen molar-refractivity contribution in [2.24, 2.45) is 0 Å². The van der Waals surface area contributed by atoms with Crippen LogP contribution < -0.4 is 4.90 Å². The molecule has 0 saturated carbocycles. The zero-order chi connectivity index (χ0) is 20.5. The number of Topliss-reactive ketones (excluding diaryl/α,β-unsaturated/α-hetero) is 1. The van der Waals surface area contributed by atoms with Gasteiger partial charge in [-0.15, -0.1) is 0 Å².